The number of hydrogen-bond acceptors (Lipinski definition) is 4. The molecular formula is C17H20N2O4. The van der Waals surface area contributed by atoms with Crippen molar-refractivity contribution in [3.63, 3.8) is 0 Å². The van der Waals surface area contributed by atoms with E-state index in [1.54, 1.807) is 13.0 Å². The second kappa shape index (κ2) is 6.04. The van der Waals surface area contributed by atoms with E-state index in [4.69, 9.17) is 9.84 Å². The van der Waals surface area contributed by atoms with Gasteiger partial charge >= 0.3 is 5.97 Å². The molecule has 3 rings (SSSR count). The number of pyridine rings is 1. The first kappa shape index (κ1) is 15.6. The monoisotopic (exact) mass is 316 g/mol. The molecular weight excluding hydrogens is 296 g/mol. The molecule has 6 heteroatoms. The van der Waals surface area contributed by atoms with Gasteiger partial charge in [-0.2, -0.15) is 0 Å². The predicted octanol–water partition coefficient (Wildman–Crippen LogP) is 1.31. The normalized spacial score (nSPS) is 15.1. The number of carboxylic acid groups (broad SMARTS) is 1. The number of morpholine rings is 1. The van der Waals surface area contributed by atoms with Crippen LogP contribution < -0.4 is 10.3 Å². The van der Waals surface area contributed by atoms with Gasteiger partial charge in [-0.25, -0.2) is 0 Å². The average Bonchev–Trinajstić information content (AvgIpc) is 2.56. The van der Waals surface area contributed by atoms with E-state index < -0.39 is 5.97 Å². The van der Waals surface area contributed by atoms with Gasteiger partial charge in [0.1, 0.15) is 0 Å². The Morgan fingerprint density at radius 3 is 2.65 bits per heavy atom. The maximum absolute atomic E-state index is 12.8. The van der Waals surface area contributed by atoms with Gasteiger partial charge in [-0.1, -0.05) is 6.07 Å². The zero-order valence-corrected chi connectivity index (χ0v) is 13.3. The van der Waals surface area contributed by atoms with Gasteiger partial charge in [0, 0.05) is 36.8 Å². The second-order valence-electron chi connectivity index (χ2n) is 5.80. The first-order valence-electron chi connectivity index (χ1n) is 7.66. The smallest absolute Gasteiger partial charge is 0.308 e. The van der Waals surface area contributed by atoms with E-state index >= 15 is 0 Å². The van der Waals surface area contributed by atoms with E-state index in [1.807, 2.05) is 23.7 Å². The standard InChI is InChI=1S/C17H20N2O4/c1-11-13(10-15(20)21)17(22)12-4-3-5-14(16(12)18(11)2)19-6-8-23-9-7-19/h3-5H,6-10H2,1-2H3,(H,20,21). The van der Waals surface area contributed by atoms with Crippen LogP contribution >= 0.6 is 0 Å². The molecule has 2 heterocycles. The van der Waals surface area contributed by atoms with E-state index in [0.29, 0.717) is 29.9 Å². The largest absolute Gasteiger partial charge is 0.481 e. The van der Waals surface area contributed by atoms with Crippen LogP contribution in [-0.4, -0.2) is 41.9 Å². The second-order valence-corrected chi connectivity index (χ2v) is 5.80. The summed E-state index contributed by atoms with van der Waals surface area (Å²) in [4.78, 5) is 26.0. The number of nitrogens with zero attached hydrogens (tertiary/aromatic N) is 2. The zero-order valence-electron chi connectivity index (χ0n) is 13.3. The summed E-state index contributed by atoms with van der Waals surface area (Å²) in [6.07, 6.45) is -0.254. The highest BCUT2D eigenvalue weighted by Crippen LogP contribution is 2.27. The molecule has 6 nitrogen and oxygen atoms in total. The highest BCUT2D eigenvalue weighted by molar-refractivity contribution is 5.92. The maximum atomic E-state index is 12.8. The Hall–Kier alpha value is -2.34. The van der Waals surface area contributed by atoms with Gasteiger partial charge in [0.2, 0.25) is 0 Å². The molecule has 0 unspecified atom stereocenters. The van der Waals surface area contributed by atoms with Gasteiger partial charge < -0.3 is 19.3 Å². The van der Waals surface area contributed by atoms with Gasteiger partial charge in [-0.3, -0.25) is 9.59 Å². The maximum Gasteiger partial charge on any atom is 0.308 e. The van der Waals surface area contributed by atoms with Crippen molar-refractivity contribution in [2.24, 2.45) is 7.05 Å². The minimum absolute atomic E-state index is 0.187. The Morgan fingerprint density at radius 2 is 2.00 bits per heavy atom. The Balaban J connectivity index is 2.26. The molecule has 0 amide bonds. The van der Waals surface area contributed by atoms with E-state index in [9.17, 15) is 9.59 Å². The number of fused-ring (bicyclic) bond motifs is 1. The molecule has 0 atom stereocenters. The van der Waals surface area contributed by atoms with Gasteiger partial charge in [0.05, 0.1) is 30.8 Å². The van der Waals surface area contributed by atoms with Crippen molar-refractivity contribution < 1.29 is 14.6 Å². The molecule has 1 aromatic carbocycles. The molecule has 1 aliphatic rings. The molecule has 0 saturated carbocycles. The third-order valence-electron chi connectivity index (χ3n) is 4.49. The Morgan fingerprint density at radius 1 is 1.30 bits per heavy atom. The van der Waals surface area contributed by atoms with Gasteiger partial charge in [-0.15, -0.1) is 0 Å². The highest BCUT2D eigenvalue weighted by atomic mass is 16.5. The lowest BCUT2D eigenvalue weighted by Gasteiger charge is -2.30. The first-order chi connectivity index (χ1) is 11.0. The fourth-order valence-electron chi connectivity index (χ4n) is 3.18. The van der Waals surface area contributed by atoms with Crippen LogP contribution in [0, 0.1) is 6.92 Å². The summed E-state index contributed by atoms with van der Waals surface area (Å²) in [5, 5.41) is 9.63. The molecule has 23 heavy (non-hydrogen) atoms. The van der Waals surface area contributed by atoms with Gasteiger partial charge in [-0.05, 0) is 19.1 Å². The number of carboxylic acids is 1. The number of aromatic nitrogens is 1. The van der Waals surface area contributed by atoms with Crippen molar-refractivity contribution in [2.75, 3.05) is 31.2 Å². The lowest BCUT2D eigenvalue weighted by atomic mass is 10.0. The molecule has 122 valence electrons. The number of aliphatic carboxylic acids is 1. The van der Waals surface area contributed by atoms with Crippen molar-refractivity contribution in [1.82, 2.24) is 4.57 Å². The van der Waals surface area contributed by atoms with Crippen molar-refractivity contribution >= 4 is 22.6 Å². The molecule has 1 aromatic heterocycles. The molecule has 1 fully saturated rings. The minimum Gasteiger partial charge on any atom is -0.481 e. The molecule has 1 aliphatic heterocycles. The van der Waals surface area contributed by atoms with E-state index in [2.05, 4.69) is 4.90 Å². The van der Waals surface area contributed by atoms with Crippen LogP contribution in [0.4, 0.5) is 5.69 Å². The zero-order chi connectivity index (χ0) is 16.6. The highest BCUT2D eigenvalue weighted by Gasteiger charge is 2.20. The topological polar surface area (TPSA) is 71.8 Å². The summed E-state index contributed by atoms with van der Waals surface area (Å²) in [5.74, 6) is -0.992. The molecule has 1 N–H and O–H groups in total. The molecule has 0 bridgehead atoms. The number of carbonyl (C=O) groups is 1. The Bertz CT molecular complexity index is 819. The van der Waals surface area contributed by atoms with Gasteiger partial charge in [0.25, 0.3) is 0 Å². The van der Waals surface area contributed by atoms with E-state index in [-0.39, 0.29) is 11.8 Å². The molecule has 1 saturated heterocycles. The predicted molar refractivity (Wildman–Crippen MR) is 88.3 cm³/mol. The van der Waals surface area contributed by atoms with Crippen molar-refractivity contribution in [2.45, 2.75) is 13.3 Å². The number of anilines is 1. The fraction of sp³-hybridized carbons (Fsp3) is 0.412. The quantitative estimate of drug-likeness (QED) is 0.924. The van der Waals surface area contributed by atoms with Crippen molar-refractivity contribution in [1.29, 1.82) is 0 Å². The molecule has 0 radical (unpaired) electrons. The number of hydrogen-bond donors (Lipinski definition) is 1. The number of para-hydroxylation sites is 1. The summed E-state index contributed by atoms with van der Waals surface area (Å²) in [7, 11) is 1.88. The van der Waals surface area contributed by atoms with Crippen LogP contribution in [0.25, 0.3) is 10.9 Å². The lowest BCUT2D eigenvalue weighted by molar-refractivity contribution is -0.136. The summed E-state index contributed by atoms with van der Waals surface area (Å²) in [6, 6.07) is 5.63. The van der Waals surface area contributed by atoms with Gasteiger partial charge in [0.15, 0.2) is 5.43 Å². The van der Waals surface area contributed by atoms with Crippen molar-refractivity contribution in [3.8, 4) is 0 Å². The van der Waals surface area contributed by atoms with Crippen LogP contribution in [0.15, 0.2) is 23.0 Å². The first-order valence-corrected chi connectivity index (χ1v) is 7.66. The summed E-state index contributed by atoms with van der Waals surface area (Å²) < 4.78 is 7.33. The SMILES string of the molecule is Cc1c(CC(=O)O)c(=O)c2cccc(N3CCOCC3)c2n1C. The Labute approximate surface area is 133 Å². The van der Waals surface area contributed by atoms with Crippen LogP contribution in [-0.2, 0) is 23.0 Å². The summed E-state index contributed by atoms with van der Waals surface area (Å²) >= 11 is 0. The minimum atomic E-state index is -0.992. The average molecular weight is 316 g/mol. The third kappa shape index (κ3) is 2.70. The number of ether oxygens (including phenoxy) is 1. The summed E-state index contributed by atoms with van der Waals surface area (Å²) in [6.45, 7) is 4.70. The molecule has 2 aromatic rings. The van der Waals surface area contributed by atoms with E-state index in [1.165, 1.54) is 0 Å². The number of benzene rings is 1. The van der Waals surface area contributed by atoms with Crippen LogP contribution in [0.1, 0.15) is 11.3 Å². The van der Waals surface area contributed by atoms with E-state index in [0.717, 1.165) is 24.3 Å². The van der Waals surface area contributed by atoms with Crippen molar-refractivity contribution in [3.05, 3.63) is 39.7 Å². The number of aryl methyl sites for hydroxylation is 1. The summed E-state index contributed by atoms with van der Waals surface area (Å²) in [5.41, 5.74) is 2.71. The van der Waals surface area contributed by atoms with Crippen LogP contribution in [0.2, 0.25) is 0 Å². The molecule has 0 spiro atoms. The fourth-order valence-corrected chi connectivity index (χ4v) is 3.18. The molecule has 0 aliphatic carbocycles. The lowest BCUT2D eigenvalue weighted by Crippen LogP contribution is -2.36. The van der Waals surface area contributed by atoms with Crippen LogP contribution in [0.3, 0.4) is 0 Å². The number of rotatable bonds is 3. The third-order valence-corrected chi connectivity index (χ3v) is 4.49. The van der Waals surface area contributed by atoms with Crippen LogP contribution in [0.5, 0.6) is 0 Å². The Kier molecular flexibility index (Phi) is 4.09.